The highest BCUT2D eigenvalue weighted by Gasteiger charge is 2.14. The molecule has 0 aliphatic heterocycles. The number of rotatable bonds is 8. The van der Waals surface area contributed by atoms with E-state index in [1.165, 1.54) is 36.8 Å². The standard InChI is InChI=1S/C21H28O2/c1-16(2)6-4-3-5-7-21(17-8-12-19(22)13-9-17)18-10-14-20(23)15-11-18/h8-16,21-23H,3-7H2,1-2H3. The lowest BCUT2D eigenvalue weighted by Gasteiger charge is -2.18. The molecule has 23 heavy (non-hydrogen) atoms. The maximum atomic E-state index is 9.51. The second-order valence-corrected chi connectivity index (χ2v) is 6.77. The molecular weight excluding hydrogens is 284 g/mol. The van der Waals surface area contributed by atoms with Gasteiger partial charge in [-0.25, -0.2) is 0 Å². The van der Waals surface area contributed by atoms with Crippen LogP contribution in [0.3, 0.4) is 0 Å². The van der Waals surface area contributed by atoms with Crippen LogP contribution in [0.4, 0.5) is 0 Å². The molecule has 0 radical (unpaired) electrons. The molecule has 0 atom stereocenters. The maximum absolute atomic E-state index is 9.51. The van der Waals surface area contributed by atoms with Gasteiger partial charge >= 0.3 is 0 Å². The molecule has 0 aliphatic rings. The lowest BCUT2D eigenvalue weighted by atomic mass is 9.86. The van der Waals surface area contributed by atoms with Crippen LogP contribution in [0, 0.1) is 5.92 Å². The van der Waals surface area contributed by atoms with Crippen LogP contribution < -0.4 is 0 Å². The third-order valence-electron chi connectivity index (χ3n) is 4.37. The van der Waals surface area contributed by atoms with E-state index in [1.807, 2.05) is 24.3 Å². The SMILES string of the molecule is CC(C)CCCCCC(c1ccc(O)cc1)c1ccc(O)cc1. The Morgan fingerprint density at radius 2 is 1.09 bits per heavy atom. The van der Waals surface area contributed by atoms with Crippen molar-refractivity contribution in [2.24, 2.45) is 5.92 Å². The molecule has 0 spiro atoms. The quantitative estimate of drug-likeness (QED) is 0.601. The Morgan fingerprint density at radius 1 is 0.652 bits per heavy atom. The molecule has 0 saturated heterocycles. The van der Waals surface area contributed by atoms with Gasteiger partial charge in [0.1, 0.15) is 11.5 Å². The molecule has 0 bridgehead atoms. The van der Waals surface area contributed by atoms with Crippen LogP contribution in [-0.2, 0) is 0 Å². The van der Waals surface area contributed by atoms with Crippen molar-refractivity contribution in [3.8, 4) is 11.5 Å². The summed E-state index contributed by atoms with van der Waals surface area (Å²) in [6, 6.07) is 15.0. The van der Waals surface area contributed by atoms with Gasteiger partial charge in [-0.2, -0.15) is 0 Å². The molecule has 0 aliphatic carbocycles. The summed E-state index contributed by atoms with van der Waals surface area (Å²) in [6.45, 7) is 4.55. The van der Waals surface area contributed by atoms with Gasteiger partial charge in [-0.05, 0) is 47.7 Å². The minimum Gasteiger partial charge on any atom is -0.508 e. The Labute approximate surface area is 139 Å². The molecule has 0 fully saturated rings. The number of phenols is 2. The predicted molar refractivity (Wildman–Crippen MR) is 96.0 cm³/mol. The minimum absolute atomic E-state index is 0.301. The first-order valence-electron chi connectivity index (χ1n) is 8.64. The normalized spacial score (nSPS) is 11.3. The molecule has 2 aromatic rings. The van der Waals surface area contributed by atoms with Crippen LogP contribution in [0.25, 0.3) is 0 Å². The summed E-state index contributed by atoms with van der Waals surface area (Å²) in [5.74, 6) is 1.69. The van der Waals surface area contributed by atoms with Gasteiger partial charge < -0.3 is 10.2 Å². The van der Waals surface area contributed by atoms with E-state index in [9.17, 15) is 10.2 Å². The summed E-state index contributed by atoms with van der Waals surface area (Å²) < 4.78 is 0. The average molecular weight is 312 g/mol. The van der Waals surface area contributed by atoms with E-state index in [4.69, 9.17) is 0 Å². The number of benzene rings is 2. The maximum Gasteiger partial charge on any atom is 0.115 e. The van der Waals surface area contributed by atoms with Gasteiger partial charge in [0.05, 0.1) is 0 Å². The van der Waals surface area contributed by atoms with Crippen LogP contribution in [-0.4, -0.2) is 10.2 Å². The third kappa shape index (κ3) is 5.63. The predicted octanol–water partition coefficient (Wildman–Crippen LogP) is 5.84. The Bertz CT molecular complexity index is 524. The fraction of sp³-hybridized carbons (Fsp3) is 0.429. The zero-order valence-corrected chi connectivity index (χ0v) is 14.2. The Morgan fingerprint density at radius 3 is 1.52 bits per heavy atom. The summed E-state index contributed by atoms with van der Waals surface area (Å²) in [5.41, 5.74) is 2.44. The molecule has 0 aromatic heterocycles. The smallest absolute Gasteiger partial charge is 0.115 e. The molecule has 0 unspecified atom stereocenters. The van der Waals surface area contributed by atoms with Crippen molar-refractivity contribution in [1.82, 2.24) is 0 Å². The summed E-state index contributed by atoms with van der Waals surface area (Å²) in [4.78, 5) is 0. The van der Waals surface area contributed by atoms with Crippen LogP contribution in [0.2, 0.25) is 0 Å². The Hall–Kier alpha value is -1.96. The first-order valence-corrected chi connectivity index (χ1v) is 8.64. The van der Waals surface area contributed by atoms with Crippen LogP contribution >= 0.6 is 0 Å². The van der Waals surface area contributed by atoms with E-state index in [2.05, 4.69) is 13.8 Å². The molecule has 2 nitrogen and oxygen atoms in total. The van der Waals surface area contributed by atoms with E-state index < -0.39 is 0 Å². The molecule has 2 heteroatoms. The number of phenolic OH excluding ortho intramolecular Hbond substituents is 2. The van der Waals surface area contributed by atoms with Gasteiger partial charge in [0.25, 0.3) is 0 Å². The monoisotopic (exact) mass is 312 g/mol. The van der Waals surface area contributed by atoms with Crippen molar-refractivity contribution in [1.29, 1.82) is 0 Å². The lowest BCUT2D eigenvalue weighted by Crippen LogP contribution is -2.01. The molecule has 0 saturated carbocycles. The van der Waals surface area contributed by atoms with Crippen molar-refractivity contribution in [3.63, 3.8) is 0 Å². The second kappa shape index (κ2) is 8.61. The highest BCUT2D eigenvalue weighted by molar-refractivity contribution is 5.37. The van der Waals surface area contributed by atoms with Gasteiger partial charge in [0, 0.05) is 5.92 Å². The zero-order valence-electron chi connectivity index (χ0n) is 14.2. The first kappa shape index (κ1) is 17.4. The molecular formula is C21H28O2. The van der Waals surface area contributed by atoms with Crippen molar-refractivity contribution >= 4 is 0 Å². The van der Waals surface area contributed by atoms with Gasteiger partial charge in [0.2, 0.25) is 0 Å². The van der Waals surface area contributed by atoms with E-state index in [0.29, 0.717) is 17.4 Å². The van der Waals surface area contributed by atoms with E-state index in [1.54, 1.807) is 24.3 Å². The summed E-state index contributed by atoms with van der Waals surface area (Å²) in [6.07, 6.45) is 6.12. The summed E-state index contributed by atoms with van der Waals surface area (Å²) in [7, 11) is 0. The molecule has 2 rings (SSSR count). The van der Waals surface area contributed by atoms with Crippen molar-refractivity contribution in [2.45, 2.75) is 51.9 Å². The fourth-order valence-corrected chi connectivity index (χ4v) is 3.02. The topological polar surface area (TPSA) is 40.5 Å². The third-order valence-corrected chi connectivity index (χ3v) is 4.37. The van der Waals surface area contributed by atoms with E-state index in [-0.39, 0.29) is 0 Å². The van der Waals surface area contributed by atoms with Gasteiger partial charge in [-0.15, -0.1) is 0 Å². The first-order chi connectivity index (χ1) is 11.1. The molecule has 0 heterocycles. The number of hydrogen-bond donors (Lipinski definition) is 2. The van der Waals surface area contributed by atoms with Crippen LogP contribution in [0.1, 0.15) is 63.0 Å². The van der Waals surface area contributed by atoms with Gasteiger partial charge in [-0.1, -0.05) is 63.8 Å². The van der Waals surface area contributed by atoms with Crippen molar-refractivity contribution in [2.75, 3.05) is 0 Å². The van der Waals surface area contributed by atoms with Gasteiger partial charge in [-0.3, -0.25) is 0 Å². The largest absolute Gasteiger partial charge is 0.508 e. The highest BCUT2D eigenvalue weighted by atomic mass is 16.3. The van der Waals surface area contributed by atoms with E-state index in [0.717, 1.165) is 12.3 Å². The second-order valence-electron chi connectivity index (χ2n) is 6.77. The molecule has 2 N–H and O–H groups in total. The fourth-order valence-electron chi connectivity index (χ4n) is 3.02. The Balaban J connectivity index is 2.05. The van der Waals surface area contributed by atoms with Crippen molar-refractivity contribution < 1.29 is 10.2 Å². The van der Waals surface area contributed by atoms with Crippen molar-refractivity contribution in [3.05, 3.63) is 59.7 Å². The molecule has 124 valence electrons. The number of aromatic hydroxyl groups is 2. The van der Waals surface area contributed by atoms with Gasteiger partial charge in [0.15, 0.2) is 0 Å². The zero-order chi connectivity index (χ0) is 16.7. The number of unbranched alkanes of at least 4 members (excludes halogenated alkanes) is 2. The lowest BCUT2D eigenvalue weighted by molar-refractivity contribution is 0.474. The molecule has 2 aromatic carbocycles. The minimum atomic E-state index is 0.301. The number of hydrogen-bond acceptors (Lipinski definition) is 2. The summed E-state index contributed by atoms with van der Waals surface area (Å²) in [5, 5.41) is 19.0. The summed E-state index contributed by atoms with van der Waals surface area (Å²) >= 11 is 0. The van der Waals surface area contributed by atoms with Crippen LogP contribution in [0.15, 0.2) is 48.5 Å². The van der Waals surface area contributed by atoms with Crippen LogP contribution in [0.5, 0.6) is 11.5 Å². The highest BCUT2D eigenvalue weighted by Crippen LogP contribution is 2.32. The molecule has 0 amide bonds. The average Bonchev–Trinajstić information content (AvgIpc) is 2.53. The van der Waals surface area contributed by atoms with E-state index >= 15 is 0 Å². The Kier molecular flexibility index (Phi) is 6.52.